The number of carboxylic acids is 1. The maximum Gasteiger partial charge on any atom is 0.324 e. The topological polar surface area (TPSA) is 53.4 Å². The number of nitrogens with zero attached hydrogens (tertiary/aromatic N) is 2. The number of aliphatic carboxylic acids is 1. The summed E-state index contributed by atoms with van der Waals surface area (Å²) in [6, 6.07) is 0. The fourth-order valence-electron chi connectivity index (χ4n) is 2.48. The molecule has 0 saturated carbocycles. The molecule has 17 heavy (non-hydrogen) atoms. The van der Waals surface area contributed by atoms with Crippen molar-refractivity contribution < 1.29 is 9.90 Å². The van der Waals surface area contributed by atoms with Gasteiger partial charge in [0.2, 0.25) is 0 Å². The highest BCUT2D eigenvalue weighted by Gasteiger charge is 2.46. The molecule has 0 amide bonds. The van der Waals surface area contributed by atoms with Crippen molar-refractivity contribution in [2.45, 2.75) is 38.3 Å². The number of carboxylic acid groups (broad SMARTS) is 1. The maximum atomic E-state index is 11.5. The second-order valence-electron chi connectivity index (χ2n) is 4.27. The molecule has 94 valence electrons. The molecule has 1 aliphatic rings. The zero-order valence-electron chi connectivity index (χ0n) is 9.65. The summed E-state index contributed by atoms with van der Waals surface area (Å²) in [6.45, 7) is 3.33. The molecule has 1 unspecified atom stereocenters. The number of rotatable bonds is 4. The van der Waals surface area contributed by atoms with Crippen molar-refractivity contribution in [3.8, 4) is 0 Å². The van der Waals surface area contributed by atoms with Gasteiger partial charge in [0.15, 0.2) is 0 Å². The van der Waals surface area contributed by atoms with Crippen LogP contribution in [0.25, 0.3) is 0 Å². The summed E-state index contributed by atoms with van der Waals surface area (Å²) >= 11 is 7.25. The molecule has 0 radical (unpaired) electrons. The van der Waals surface area contributed by atoms with Gasteiger partial charge in [0, 0.05) is 0 Å². The monoisotopic (exact) mass is 274 g/mol. The number of thiazole rings is 1. The number of likely N-dealkylation sites (tertiary alicyclic amines) is 1. The SMILES string of the molecule is CCC1(C(=O)O)CCCN1Cc1ncc(Cl)s1. The van der Waals surface area contributed by atoms with E-state index < -0.39 is 11.5 Å². The first-order valence-corrected chi connectivity index (χ1v) is 6.86. The molecule has 1 saturated heterocycles. The molecule has 1 aliphatic heterocycles. The molecular weight excluding hydrogens is 260 g/mol. The van der Waals surface area contributed by atoms with E-state index >= 15 is 0 Å². The Hall–Kier alpha value is -0.650. The Bertz CT molecular complexity index is 423. The molecule has 0 aromatic carbocycles. The summed E-state index contributed by atoms with van der Waals surface area (Å²) in [5.74, 6) is -0.722. The fraction of sp³-hybridized carbons (Fsp3) is 0.636. The van der Waals surface area contributed by atoms with Crippen LogP contribution in [0.4, 0.5) is 0 Å². The van der Waals surface area contributed by atoms with Gasteiger partial charge in [0.25, 0.3) is 0 Å². The maximum absolute atomic E-state index is 11.5. The molecule has 1 atom stereocenters. The van der Waals surface area contributed by atoms with Crippen molar-refractivity contribution in [1.82, 2.24) is 9.88 Å². The van der Waals surface area contributed by atoms with Gasteiger partial charge in [-0.3, -0.25) is 9.69 Å². The molecule has 1 fully saturated rings. The van der Waals surface area contributed by atoms with Crippen LogP contribution in [-0.2, 0) is 11.3 Å². The van der Waals surface area contributed by atoms with E-state index in [0.29, 0.717) is 17.3 Å². The normalized spacial score (nSPS) is 25.3. The van der Waals surface area contributed by atoms with Gasteiger partial charge in [-0.05, 0) is 25.8 Å². The van der Waals surface area contributed by atoms with E-state index in [9.17, 15) is 9.90 Å². The summed E-state index contributed by atoms with van der Waals surface area (Å²) < 4.78 is 0.650. The summed E-state index contributed by atoms with van der Waals surface area (Å²) in [6.07, 6.45) is 3.89. The van der Waals surface area contributed by atoms with Gasteiger partial charge in [0.05, 0.1) is 12.7 Å². The Morgan fingerprint density at radius 3 is 3.06 bits per heavy atom. The Balaban J connectivity index is 2.17. The Kier molecular flexibility index (Phi) is 3.70. The predicted octanol–water partition coefficient (Wildman–Crippen LogP) is 2.63. The smallest absolute Gasteiger partial charge is 0.324 e. The quantitative estimate of drug-likeness (QED) is 0.917. The summed E-state index contributed by atoms with van der Waals surface area (Å²) in [7, 11) is 0. The molecule has 0 bridgehead atoms. The van der Waals surface area contributed by atoms with E-state index in [1.807, 2.05) is 11.8 Å². The van der Waals surface area contributed by atoms with Crippen molar-refractivity contribution >= 4 is 28.9 Å². The molecule has 1 aromatic rings. The number of carbonyl (C=O) groups is 1. The molecule has 2 heterocycles. The van der Waals surface area contributed by atoms with Gasteiger partial charge in [-0.25, -0.2) is 4.98 Å². The van der Waals surface area contributed by atoms with Crippen LogP contribution in [0.15, 0.2) is 6.20 Å². The molecule has 4 nitrogen and oxygen atoms in total. The fourth-order valence-corrected chi connectivity index (χ4v) is 3.46. The molecule has 1 N–H and O–H groups in total. The zero-order chi connectivity index (χ0) is 12.5. The van der Waals surface area contributed by atoms with E-state index in [2.05, 4.69) is 4.98 Å². The van der Waals surface area contributed by atoms with Gasteiger partial charge in [-0.2, -0.15) is 0 Å². The van der Waals surface area contributed by atoms with Crippen LogP contribution in [0, 0.1) is 0 Å². The number of halogens is 1. The highest BCUT2D eigenvalue weighted by molar-refractivity contribution is 7.15. The third kappa shape index (κ3) is 2.32. The lowest BCUT2D eigenvalue weighted by Crippen LogP contribution is -2.49. The zero-order valence-corrected chi connectivity index (χ0v) is 11.2. The van der Waals surface area contributed by atoms with Crippen molar-refractivity contribution in [1.29, 1.82) is 0 Å². The Morgan fingerprint density at radius 1 is 1.76 bits per heavy atom. The van der Waals surface area contributed by atoms with Crippen LogP contribution in [0.5, 0.6) is 0 Å². The van der Waals surface area contributed by atoms with E-state index in [4.69, 9.17) is 11.6 Å². The minimum absolute atomic E-state index is 0.581. The van der Waals surface area contributed by atoms with Gasteiger partial charge in [0.1, 0.15) is 14.9 Å². The van der Waals surface area contributed by atoms with E-state index in [0.717, 1.165) is 24.4 Å². The van der Waals surface area contributed by atoms with Crippen LogP contribution in [0.2, 0.25) is 4.34 Å². The molecule has 2 rings (SSSR count). The van der Waals surface area contributed by atoms with Crippen LogP contribution in [0.3, 0.4) is 0 Å². The first-order valence-electron chi connectivity index (χ1n) is 5.67. The molecule has 1 aromatic heterocycles. The van der Waals surface area contributed by atoms with Crippen LogP contribution in [0.1, 0.15) is 31.2 Å². The third-order valence-corrected chi connectivity index (χ3v) is 4.56. The molecule has 6 heteroatoms. The first-order chi connectivity index (χ1) is 8.08. The molecule has 0 aliphatic carbocycles. The van der Waals surface area contributed by atoms with Crippen LogP contribution in [-0.4, -0.2) is 33.0 Å². The lowest BCUT2D eigenvalue weighted by molar-refractivity contribution is -0.150. The second-order valence-corrected chi connectivity index (χ2v) is 6.02. The number of hydrogen-bond acceptors (Lipinski definition) is 4. The summed E-state index contributed by atoms with van der Waals surface area (Å²) in [4.78, 5) is 17.7. The van der Waals surface area contributed by atoms with E-state index in [1.165, 1.54) is 11.3 Å². The van der Waals surface area contributed by atoms with E-state index in [-0.39, 0.29) is 0 Å². The number of hydrogen-bond donors (Lipinski definition) is 1. The predicted molar refractivity (Wildman–Crippen MR) is 67.4 cm³/mol. The van der Waals surface area contributed by atoms with Crippen LogP contribution < -0.4 is 0 Å². The summed E-state index contributed by atoms with van der Waals surface area (Å²) in [5, 5.41) is 10.3. The molecular formula is C11H15ClN2O2S. The lowest BCUT2D eigenvalue weighted by Gasteiger charge is -2.33. The minimum atomic E-state index is -0.722. The van der Waals surface area contributed by atoms with Crippen molar-refractivity contribution in [2.75, 3.05) is 6.54 Å². The number of aromatic nitrogens is 1. The average molecular weight is 275 g/mol. The highest BCUT2D eigenvalue weighted by Crippen LogP contribution is 2.34. The first kappa shape index (κ1) is 12.8. The third-order valence-electron chi connectivity index (χ3n) is 3.46. The largest absolute Gasteiger partial charge is 0.480 e. The van der Waals surface area contributed by atoms with Gasteiger partial charge >= 0.3 is 5.97 Å². The van der Waals surface area contributed by atoms with Crippen molar-refractivity contribution in [3.05, 3.63) is 15.5 Å². The van der Waals surface area contributed by atoms with Gasteiger partial charge < -0.3 is 5.11 Å². The summed E-state index contributed by atoms with van der Waals surface area (Å²) in [5.41, 5.74) is -0.710. The van der Waals surface area contributed by atoms with Crippen molar-refractivity contribution in [3.63, 3.8) is 0 Å². The molecule has 0 spiro atoms. The Morgan fingerprint density at radius 2 is 2.53 bits per heavy atom. The van der Waals surface area contributed by atoms with Crippen molar-refractivity contribution in [2.24, 2.45) is 0 Å². The van der Waals surface area contributed by atoms with Crippen LogP contribution >= 0.6 is 22.9 Å². The average Bonchev–Trinajstić information content (AvgIpc) is 2.86. The lowest BCUT2D eigenvalue weighted by atomic mass is 9.93. The highest BCUT2D eigenvalue weighted by atomic mass is 35.5. The van der Waals surface area contributed by atoms with Gasteiger partial charge in [-0.15, -0.1) is 11.3 Å². The minimum Gasteiger partial charge on any atom is -0.480 e. The standard InChI is InChI=1S/C11H15ClN2O2S/c1-2-11(10(15)16)4-3-5-14(11)7-9-13-6-8(12)17-9/h6H,2-5,7H2,1H3,(H,15,16). The van der Waals surface area contributed by atoms with Gasteiger partial charge in [-0.1, -0.05) is 18.5 Å². The van der Waals surface area contributed by atoms with E-state index in [1.54, 1.807) is 6.20 Å². The Labute approximate surface area is 109 Å². The second kappa shape index (κ2) is 4.92.